The van der Waals surface area contributed by atoms with Crippen LogP contribution in [-0.2, 0) is 0 Å². The van der Waals surface area contributed by atoms with E-state index in [1.54, 1.807) is 12.4 Å². The van der Waals surface area contributed by atoms with Crippen LogP contribution in [0.5, 0.6) is 0 Å². The summed E-state index contributed by atoms with van der Waals surface area (Å²) in [5.41, 5.74) is 2.52. The molecule has 1 aromatic heterocycles. The normalized spacial score (nSPS) is 14.6. The third-order valence-corrected chi connectivity index (χ3v) is 5.13. The smallest absolute Gasteiger partial charge is 0.257 e. The Morgan fingerprint density at radius 1 is 1.04 bits per heavy atom. The SMILES string of the molecule is CC(c1ccc(Cl)cc1)N(C(=O)c1cnc(-c2ccccc2)nc1)C1CC1. The Labute approximate surface area is 163 Å². The molecule has 1 atom stereocenters. The summed E-state index contributed by atoms with van der Waals surface area (Å²) < 4.78 is 0. The molecular formula is C22H20ClN3O. The Morgan fingerprint density at radius 3 is 2.26 bits per heavy atom. The molecule has 136 valence electrons. The number of amides is 1. The number of halogens is 1. The second-order valence-electron chi connectivity index (χ2n) is 6.83. The molecule has 0 spiro atoms. The van der Waals surface area contributed by atoms with Crippen molar-refractivity contribution in [2.75, 3.05) is 0 Å². The summed E-state index contributed by atoms with van der Waals surface area (Å²) in [6.07, 6.45) is 5.32. The molecule has 3 aromatic rings. The molecule has 5 heteroatoms. The highest BCUT2D eigenvalue weighted by Gasteiger charge is 2.36. The Hall–Kier alpha value is -2.72. The van der Waals surface area contributed by atoms with Gasteiger partial charge in [0.25, 0.3) is 5.91 Å². The van der Waals surface area contributed by atoms with Crippen LogP contribution in [0.1, 0.15) is 41.7 Å². The number of nitrogens with zero attached hydrogens (tertiary/aromatic N) is 3. The molecule has 1 fully saturated rings. The lowest BCUT2D eigenvalue weighted by molar-refractivity contribution is 0.0673. The third-order valence-electron chi connectivity index (χ3n) is 4.88. The summed E-state index contributed by atoms with van der Waals surface area (Å²) in [5.74, 6) is 0.593. The maximum atomic E-state index is 13.2. The van der Waals surface area contributed by atoms with Gasteiger partial charge in [-0.25, -0.2) is 9.97 Å². The minimum absolute atomic E-state index is 0.0282. The molecule has 1 heterocycles. The molecule has 0 N–H and O–H groups in total. The first-order valence-corrected chi connectivity index (χ1v) is 9.47. The van der Waals surface area contributed by atoms with Crippen molar-refractivity contribution in [1.82, 2.24) is 14.9 Å². The van der Waals surface area contributed by atoms with Gasteiger partial charge in [0.15, 0.2) is 5.82 Å². The number of benzene rings is 2. The summed E-state index contributed by atoms with van der Waals surface area (Å²) in [6.45, 7) is 2.05. The van der Waals surface area contributed by atoms with E-state index in [0.717, 1.165) is 24.0 Å². The van der Waals surface area contributed by atoms with E-state index in [9.17, 15) is 4.79 Å². The summed E-state index contributed by atoms with van der Waals surface area (Å²) in [5, 5.41) is 0.695. The monoisotopic (exact) mass is 377 g/mol. The number of hydrogen-bond donors (Lipinski definition) is 0. The fourth-order valence-electron chi connectivity index (χ4n) is 3.24. The molecule has 0 bridgehead atoms. The highest BCUT2D eigenvalue weighted by atomic mass is 35.5. The van der Waals surface area contributed by atoms with Gasteiger partial charge in [-0.2, -0.15) is 0 Å². The lowest BCUT2D eigenvalue weighted by Crippen LogP contribution is -2.35. The largest absolute Gasteiger partial charge is 0.329 e. The molecule has 0 radical (unpaired) electrons. The van der Waals surface area contributed by atoms with Gasteiger partial charge in [0.05, 0.1) is 11.6 Å². The molecule has 1 unspecified atom stereocenters. The predicted molar refractivity (Wildman–Crippen MR) is 107 cm³/mol. The third kappa shape index (κ3) is 3.86. The van der Waals surface area contributed by atoms with Crippen LogP contribution in [0, 0.1) is 0 Å². The molecular weight excluding hydrogens is 358 g/mol. The van der Waals surface area contributed by atoms with Gasteiger partial charge in [-0.1, -0.05) is 54.1 Å². The van der Waals surface area contributed by atoms with Crippen molar-refractivity contribution < 1.29 is 4.79 Å². The summed E-state index contributed by atoms with van der Waals surface area (Å²) in [6, 6.07) is 17.7. The molecule has 1 aliphatic carbocycles. The fraction of sp³-hybridized carbons (Fsp3) is 0.227. The summed E-state index contributed by atoms with van der Waals surface area (Å²) in [7, 11) is 0. The van der Waals surface area contributed by atoms with Gasteiger partial charge in [0, 0.05) is 29.0 Å². The molecule has 27 heavy (non-hydrogen) atoms. The minimum atomic E-state index is -0.0314. The van der Waals surface area contributed by atoms with Crippen LogP contribution in [0.3, 0.4) is 0 Å². The van der Waals surface area contributed by atoms with Crippen LogP contribution in [-0.4, -0.2) is 26.8 Å². The minimum Gasteiger partial charge on any atom is -0.329 e. The van der Waals surface area contributed by atoms with Gasteiger partial charge >= 0.3 is 0 Å². The highest BCUT2D eigenvalue weighted by Crippen LogP contribution is 2.35. The lowest BCUT2D eigenvalue weighted by Gasteiger charge is -2.29. The van der Waals surface area contributed by atoms with Crippen LogP contribution in [0.15, 0.2) is 67.0 Å². The lowest BCUT2D eigenvalue weighted by atomic mass is 10.1. The number of carbonyl (C=O) groups excluding carboxylic acids is 1. The zero-order valence-electron chi connectivity index (χ0n) is 15.0. The van der Waals surface area contributed by atoms with Crippen molar-refractivity contribution >= 4 is 17.5 Å². The first-order valence-electron chi connectivity index (χ1n) is 9.09. The van der Waals surface area contributed by atoms with Crippen molar-refractivity contribution in [2.24, 2.45) is 0 Å². The van der Waals surface area contributed by atoms with Crippen LogP contribution in [0.4, 0.5) is 0 Å². The average Bonchev–Trinajstić information content (AvgIpc) is 3.54. The summed E-state index contributed by atoms with van der Waals surface area (Å²) in [4.78, 5) is 23.9. The average molecular weight is 378 g/mol. The van der Waals surface area contributed by atoms with E-state index in [2.05, 4.69) is 16.9 Å². The number of carbonyl (C=O) groups is 1. The molecule has 4 rings (SSSR count). The second kappa shape index (κ2) is 7.49. The van der Waals surface area contributed by atoms with Gasteiger partial charge < -0.3 is 4.90 Å². The van der Waals surface area contributed by atoms with Crippen LogP contribution < -0.4 is 0 Å². The van der Waals surface area contributed by atoms with Crippen molar-refractivity contribution in [3.05, 3.63) is 83.1 Å². The van der Waals surface area contributed by atoms with Gasteiger partial charge in [-0.3, -0.25) is 4.79 Å². The van der Waals surface area contributed by atoms with Gasteiger partial charge in [-0.05, 0) is 37.5 Å². The molecule has 1 aliphatic rings. The van der Waals surface area contributed by atoms with Gasteiger partial charge in [0.1, 0.15) is 0 Å². The maximum Gasteiger partial charge on any atom is 0.257 e. The van der Waals surface area contributed by atoms with E-state index >= 15 is 0 Å². The maximum absolute atomic E-state index is 13.2. The standard InChI is InChI=1S/C22H20ClN3O/c1-15(16-7-9-19(23)10-8-16)26(20-11-12-20)22(27)18-13-24-21(25-14-18)17-5-3-2-4-6-17/h2-10,13-15,20H,11-12H2,1H3. The highest BCUT2D eigenvalue weighted by molar-refractivity contribution is 6.30. The zero-order chi connectivity index (χ0) is 18.8. The Morgan fingerprint density at radius 2 is 1.67 bits per heavy atom. The van der Waals surface area contributed by atoms with Crippen molar-refractivity contribution in [1.29, 1.82) is 0 Å². The first kappa shape index (κ1) is 17.7. The van der Waals surface area contributed by atoms with Crippen molar-refractivity contribution in [3.8, 4) is 11.4 Å². The second-order valence-corrected chi connectivity index (χ2v) is 7.27. The Balaban J connectivity index is 1.58. The van der Waals surface area contributed by atoms with Crippen LogP contribution in [0.25, 0.3) is 11.4 Å². The van der Waals surface area contributed by atoms with Crippen LogP contribution >= 0.6 is 11.6 Å². The molecule has 0 saturated heterocycles. The first-order chi connectivity index (χ1) is 13.1. The number of aromatic nitrogens is 2. The van der Waals surface area contributed by atoms with E-state index in [1.807, 2.05) is 59.5 Å². The topological polar surface area (TPSA) is 46.1 Å². The van der Waals surface area contributed by atoms with Gasteiger partial charge in [-0.15, -0.1) is 0 Å². The van der Waals surface area contributed by atoms with E-state index in [4.69, 9.17) is 11.6 Å². The molecule has 1 saturated carbocycles. The van der Waals surface area contributed by atoms with Crippen LogP contribution in [0.2, 0.25) is 5.02 Å². The van der Waals surface area contributed by atoms with E-state index in [1.165, 1.54) is 0 Å². The van der Waals surface area contributed by atoms with E-state index < -0.39 is 0 Å². The molecule has 2 aromatic carbocycles. The van der Waals surface area contributed by atoms with E-state index in [-0.39, 0.29) is 18.0 Å². The Bertz CT molecular complexity index is 922. The number of hydrogen-bond acceptors (Lipinski definition) is 3. The zero-order valence-corrected chi connectivity index (χ0v) is 15.8. The summed E-state index contributed by atoms with van der Waals surface area (Å²) >= 11 is 6.00. The molecule has 0 aliphatic heterocycles. The van der Waals surface area contributed by atoms with E-state index in [0.29, 0.717) is 16.4 Å². The fourth-order valence-corrected chi connectivity index (χ4v) is 3.36. The number of rotatable bonds is 5. The van der Waals surface area contributed by atoms with Crippen molar-refractivity contribution in [2.45, 2.75) is 31.8 Å². The molecule has 4 nitrogen and oxygen atoms in total. The predicted octanol–water partition coefficient (Wildman–Crippen LogP) is 5.16. The van der Waals surface area contributed by atoms with Crippen molar-refractivity contribution in [3.63, 3.8) is 0 Å². The molecule has 1 amide bonds. The van der Waals surface area contributed by atoms with Gasteiger partial charge in [0.2, 0.25) is 0 Å². The quantitative estimate of drug-likeness (QED) is 0.616. The Kier molecular flexibility index (Phi) is 4.90.